The van der Waals surface area contributed by atoms with Crippen LogP contribution in [0.25, 0.3) is 0 Å². The van der Waals surface area contributed by atoms with Crippen molar-refractivity contribution < 1.29 is 14.0 Å². The lowest BCUT2D eigenvalue weighted by atomic mass is 10.3. The van der Waals surface area contributed by atoms with E-state index >= 15 is 0 Å². The first-order valence-corrected chi connectivity index (χ1v) is 8.26. The van der Waals surface area contributed by atoms with Crippen molar-refractivity contribution in [3.05, 3.63) is 30.1 Å². The molecule has 1 fully saturated rings. The van der Waals surface area contributed by atoms with Crippen LogP contribution >= 0.6 is 11.8 Å². The molecule has 0 aromatic heterocycles. The van der Waals surface area contributed by atoms with E-state index in [2.05, 4.69) is 0 Å². The molecule has 0 radical (unpaired) electrons. The van der Waals surface area contributed by atoms with Crippen LogP contribution in [0.4, 0.5) is 9.18 Å². The molecule has 0 saturated carbocycles. The Hall–Kier alpha value is -1.76. The van der Waals surface area contributed by atoms with Gasteiger partial charge in [-0.05, 0) is 18.6 Å². The fourth-order valence-electron chi connectivity index (χ4n) is 2.36. The van der Waals surface area contributed by atoms with Gasteiger partial charge in [0.2, 0.25) is 5.91 Å². The highest BCUT2D eigenvalue weighted by atomic mass is 32.2. The third-order valence-electron chi connectivity index (χ3n) is 3.57. The minimum absolute atomic E-state index is 0.0372. The molecule has 120 valence electrons. The van der Waals surface area contributed by atoms with Gasteiger partial charge < -0.3 is 15.5 Å². The maximum Gasteiger partial charge on any atom is 0.314 e. The van der Waals surface area contributed by atoms with Crippen LogP contribution in [0.5, 0.6) is 0 Å². The van der Waals surface area contributed by atoms with E-state index in [4.69, 9.17) is 5.73 Å². The third-order valence-corrected chi connectivity index (χ3v) is 4.62. The predicted octanol–water partition coefficient (Wildman–Crippen LogP) is 1.92. The molecule has 1 aliphatic rings. The lowest BCUT2D eigenvalue weighted by Gasteiger charge is -2.21. The van der Waals surface area contributed by atoms with Crippen LogP contribution in [0.3, 0.4) is 0 Å². The van der Waals surface area contributed by atoms with E-state index in [0.717, 1.165) is 6.42 Å². The Kier molecular flexibility index (Phi) is 6.06. The van der Waals surface area contributed by atoms with E-state index in [0.29, 0.717) is 43.2 Å². The zero-order valence-electron chi connectivity index (χ0n) is 12.3. The minimum atomic E-state index is -0.440. The summed E-state index contributed by atoms with van der Waals surface area (Å²) in [6.45, 7) is 2.20. The molecule has 22 heavy (non-hydrogen) atoms. The predicted molar refractivity (Wildman–Crippen MR) is 84.1 cm³/mol. The standard InChI is InChI=1S/C15H20FN3O2S/c16-12-4-1-2-5-13(12)22-11-6-14(20)18-7-3-8-19(10-9-18)15(17)21/h1-2,4-5H,3,6-11H2,(H2,17,21). The Balaban J connectivity index is 1.77. The Morgan fingerprint density at radius 2 is 1.82 bits per heavy atom. The molecule has 0 aliphatic carbocycles. The Morgan fingerprint density at radius 1 is 1.14 bits per heavy atom. The first-order valence-electron chi connectivity index (χ1n) is 7.27. The molecule has 1 aromatic carbocycles. The number of urea groups is 1. The molecule has 0 atom stereocenters. The van der Waals surface area contributed by atoms with Gasteiger partial charge in [-0.25, -0.2) is 9.18 Å². The summed E-state index contributed by atoms with van der Waals surface area (Å²) in [4.78, 5) is 27.2. The Morgan fingerprint density at radius 3 is 2.55 bits per heavy atom. The number of hydrogen-bond acceptors (Lipinski definition) is 3. The van der Waals surface area contributed by atoms with Crippen LogP contribution in [-0.2, 0) is 4.79 Å². The van der Waals surface area contributed by atoms with E-state index in [9.17, 15) is 14.0 Å². The number of carbonyl (C=O) groups excluding carboxylic acids is 2. The number of primary amides is 1. The zero-order valence-corrected chi connectivity index (χ0v) is 13.2. The molecule has 3 amide bonds. The van der Waals surface area contributed by atoms with E-state index in [1.807, 2.05) is 0 Å². The average molecular weight is 325 g/mol. The number of carbonyl (C=O) groups is 2. The van der Waals surface area contributed by atoms with Gasteiger partial charge in [-0.2, -0.15) is 0 Å². The quantitative estimate of drug-likeness (QED) is 0.860. The van der Waals surface area contributed by atoms with Crippen molar-refractivity contribution in [1.82, 2.24) is 9.80 Å². The van der Waals surface area contributed by atoms with Crippen molar-refractivity contribution in [2.45, 2.75) is 17.7 Å². The van der Waals surface area contributed by atoms with Gasteiger partial charge in [0.25, 0.3) is 0 Å². The van der Waals surface area contributed by atoms with E-state index in [1.165, 1.54) is 17.8 Å². The van der Waals surface area contributed by atoms with Gasteiger partial charge in [-0.3, -0.25) is 4.79 Å². The molecule has 5 nitrogen and oxygen atoms in total. The first kappa shape index (κ1) is 16.6. The maximum atomic E-state index is 13.5. The SMILES string of the molecule is NC(=O)N1CCCN(C(=O)CCSc2ccccc2F)CC1. The fraction of sp³-hybridized carbons (Fsp3) is 0.467. The molecule has 1 heterocycles. The summed E-state index contributed by atoms with van der Waals surface area (Å²) in [5.41, 5.74) is 5.26. The molecular formula is C15H20FN3O2S. The molecule has 2 N–H and O–H groups in total. The van der Waals surface area contributed by atoms with Gasteiger partial charge in [0, 0.05) is 43.2 Å². The molecule has 1 aliphatic heterocycles. The molecule has 1 saturated heterocycles. The number of amides is 3. The molecule has 0 unspecified atom stereocenters. The first-order chi connectivity index (χ1) is 10.6. The van der Waals surface area contributed by atoms with Gasteiger partial charge in [0.15, 0.2) is 0 Å². The monoisotopic (exact) mass is 325 g/mol. The van der Waals surface area contributed by atoms with Gasteiger partial charge >= 0.3 is 6.03 Å². The smallest absolute Gasteiger partial charge is 0.314 e. The highest BCUT2D eigenvalue weighted by Gasteiger charge is 2.20. The van der Waals surface area contributed by atoms with Gasteiger partial charge in [0.05, 0.1) is 0 Å². The van der Waals surface area contributed by atoms with Crippen LogP contribution in [0.2, 0.25) is 0 Å². The zero-order chi connectivity index (χ0) is 15.9. The highest BCUT2D eigenvalue weighted by molar-refractivity contribution is 7.99. The molecule has 1 aromatic rings. The largest absolute Gasteiger partial charge is 0.351 e. The topological polar surface area (TPSA) is 66.6 Å². The molecule has 2 rings (SSSR count). The summed E-state index contributed by atoms with van der Waals surface area (Å²) in [6.07, 6.45) is 1.09. The van der Waals surface area contributed by atoms with Crippen LogP contribution < -0.4 is 5.73 Å². The second kappa shape index (κ2) is 8.03. The number of nitrogens with zero attached hydrogens (tertiary/aromatic N) is 2. The number of rotatable bonds is 4. The van der Waals surface area contributed by atoms with Crippen LogP contribution in [0.1, 0.15) is 12.8 Å². The maximum absolute atomic E-state index is 13.5. The fourth-order valence-corrected chi connectivity index (χ4v) is 3.23. The summed E-state index contributed by atoms with van der Waals surface area (Å²) in [5, 5.41) is 0. The normalized spacial score (nSPS) is 15.5. The summed E-state index contributed by atoms with van der Waals surface area (Å²) < 4.78 is 13.5. The summed E-state index contributed by atoms with van der Waals surface area (Å²) in [6, 6.07) is 6.11. The van der Waals surface area contributed by atoms with Crippen molar-refractivity contribution in [3.63, 3.8) is 0 Å². The van der Waals surface area contributed by atoms with Crippen molar-refractivity contribution in [3.8, 4) is 0 Å². The Bertz CT molecular complexity index is 541. The van der Waals surface area contributed by atoms with Crippen LogP contribution in [-0.4, -0.2) is 53.7 Å². The Labute approximate surface area is 133 Å². The molecule has 0 bridgehead atoms. The summed E-state index contributed by atoms with van der Waals surface area (Å²) in [5.74, 6) is 0.317. The number of benzene rings is 1. The highest BCUT2D eigenvalue weighted by Crippen LogP contribution is 2.22. The molecular weight excluding hydrogens is 305 g/mol. The van der Waals surface area contributed by atoms with Crippen molar-refractivity contribution in [1.29, 1.82) is 0 Å². The second-order valence-electron chi connectivity index (χ2n) is 5.09. The van der Waals surface area contributed by atoms with E-state index in [1.54, 1.807) is 28.0 Å². The van der Waals surface area contributed by atoms with Crippen molar-refractivity contribution >= 4 is 23.7 Å². The number of thioether (sulfide) groups is 1. The lowest BCUT2D eigenvalue weighted by Crippen LogP contribution is -2.39. The lowest BCUT2D eigenvalue weighted by molar-refractivity contribution is -0.130. The van der Waals surface area contributed by atoms with Gasteiger partial charge in [-0.15, -0.1) is 11.8 Å². The van der Waals surface area contributed by atoms with Crippen molar-refractivity contribution in [2.75, 3.05) is 31.9 Å². The second-order valence-corrected chi connectivity index (χ2v) is 6.23. The number of nitrogens with two attached hydrogens (primary N) is 1. The number of hydrogen-bond donors (Lipinski definition) is 1. The summed E-state index contributed by atoms with van der Waals surface area (Å²) >= 11 is 1.34. The molecule has 0 spiro atoms. The van der Waals surface area contributed by atoms with E-state index in [-0.39, 0.29) is 11.7 Å². The van der Waals surface area contributed by atoms with Crippen molar-refractivity contribution in [2.24, 2.45) is 5.73 Å². The average Bonchev–Trinajstić information content (AvgIpc) is 2.75. The minimum Gasteiger partial charge on any atom is -0.351 e. The number of halogens is 1. The van der Waals surface area contributed by atoms with E-state index < -0.39 is 6.03 Å². The van der Waals surface area contributed by atoms with Gasteiger partial charge in [-0.1, -0.05) is 12.1 Å². The van der Waals surface area contributed by atoms with Crippen LogP contribution in [0, 0.1) is 5.82 Å². The van der Waals surface area contributed by atoms with Crippen LogP contribution in [0.15, 0.2) is 29.2 Å². The van der Waals surface area contributed by atoms with Gasteiger partial charge in [0.1, 0.15) is 5.82 Å². The summed E-state index contributed by atoms with van der Waals surface area (Å²) in [7, 11) is 0. The molecule has 7 heteroatoms. The third kappa shape index (κ3) is 4.62.